The van der Waals surface area contributed by atoms with Gasteiger partial charge in [0.05, 0.1) is 37.5 Å². The Hall–Kier alpha value is -3.40. The van der Waals surface area contributed by atoms with Gasteiger partial charge in [0.25, 0.3) is 0 Å². The number of fused-ring (bicyclic) bond motifs is 2. The SMILES string of the molecule is CCOc1cc2ncnc(Nc3ccc(F)c(C)c3)c2cc1CC(=O)/C=C/CN1C[C@@H]2OCCO[C@@H]2C1. The van der Waals surface area contributed by atoms with E-state index in [1.54, 1.807) is 25.1 Å². The number of aryl methyl sites for hydroxylation is 1. The zero-order valence-corrected chi connectivity index (χ0v) is 21.1. The van der Waals surface area contributed by atoms with Crippen LogP contribution in [-0.2, 0) is 20.7 Å². The van der Waals surface area contributed by atoms with Crippen LogP contribution in [0.1, 0.15) is 18.1 Å². The average Bonchev–Trinajstić information content (AvgIpc) is 3.30. The summed E-state index contributed by atoms with van der Waals surface area (Å²) in [5.74, 6) is 0.906. The summed E-state index contributed by atoms with van der Waals surface area (Å²) in [5.41, 5.74) is 2.69. The largest absolute Gasteiger partial charge is 0.494 e. The molecule has 0 unspecified atom stereocenters. The minimum atomic E-state index is -0.266. The standard InChI is InChI=1S/C28H31FN4O4/c1-3-35-25-14-24-22(28(31-17-30-24)32-20-6-7-23(29)18(2)11-20)13-19(25)12-21(34)5-4-8-33-15-26-27(16-33)37-10-9-36-26/h4-7,11,13-14,17,26-27H,3,8-10,12,15-16H2,1-2H3,(H,30,31,32)/b5-4+/t26-,27+. The van der Waals surface area contributed by atoms with Gasteiger partial charge in [-0.05, 0) is 49.8 Å². The highest BCUT2D eigenvalue weighted by Gasteiger charge is 2.35. The van der Waals surface area contributed by atoms with Gasteiger partial charge in [0.15, 0.2) is 5.78 Å². The Morgan fingerprint density at radius 1 is 1.19 bits per heavy atom. The Balaban J connectivity index is 1.32. The second-order valence-electron chi connectivity index (χ2n) is 9.30. The number of rotatable bonds is 9. The molecule has 9 heteroatoms. The lowest BCUT2D eigenvalue weighted by molar-refractivity contribution is -0.116. The van der Waals surface area contributed by atoms with Crippen LogP contribution in [0.4, 0.5) is 15.9 Å². The van der Waals surface area contributed by atoms with Gasteiger partial charge in [-0.15, -0.1) is 0 Å². The van der Waals surface area contributed by atoms with Gasteiger partial charge in [0.1, 0.15) is 23.7 Å². The van der Waals surface area contributed by atoms with E-state index in [2.05, 4.69) is 20.2 Å². The molecule has 2 atom stereocenters. The number of nitrogens with one attached hydrogen (secondary N) is 1. The Bertz CT molecular complexity index is 1300. The topological polar surface area (TPSA) is 85.8 Å². The van der Waals surface area contributed by atoms with Crippen LogP contribution in [0.2, 0.25) is 0 Å². The van der Waals surface area contributed by atoms with Crippen LogP contribution in [0.15, 0.2) is 48.8 Å². The van der Waals surface area contributed by atoms with E-state index in [9.17, 15) is 9.18 Å². The molecular weight excluding hydrogens is 475 g/mol. The quantitative estimate of drug-likeness (QED) is 0.436. The first-order chi connectivity index (χ1) is 18.0. The van der Waals surface area contributed by atoms with Crippen molar-refractivity contribution in [2.45, 2.75) is 32.5 Å². The molecule has 2 aromatic carbocycles. The molecule has 194 valence electrons. The van der Waals surface area contributed by atoms with E-state index in [0.29, 0.717) is 54.7 Å². The summed E-state index contributed by atoms with van der Waals surface area (Å²) in [4.78, 5) is 23.9. The van der Waals surface area contributed by atoms with Crippen molar-refractivity contribution in [3.05, 3.63) is 65.8 Å². The maximum Gasteiger partial charge on any atom is 0.159 e. The Kier molecular flexibility index (Phi) is 7.73. The predicted octanol–water partition coefficient (Wildman–Crippen LogP) is 3.99. The molecular formula is C28H31FN4O4. The minimum absolute atomic E-state index is 0.0232. The number of allylic oxidation sites excluding steroid dienone is 1. The summed E-state index contributed by atoms with van der Waals surface area (Å²) in [6.45, 7) is 7.66. The molecule has 3 heterocycles. The fourth-order valence-electron chi connectivity index (χ4n) is 4.78. The molecule has 5 rings (SSSR count). The Labute approximate surface area is 215 Å². The fourth-order valence-corrected chi connectivity index (χ4v) is 4.78. The number of benzene rings is 2. The summed E-state index contributed by atoms with van der Waals surface area (Å²) in [5, 5.41) is 4.00. The first kappa shape index (κ1) is 25.3. The van der Waals surface area contributed by atoms with E-state index >= 15 is 0 Å². The number of carbonyl (C=O) groups excluding carboxylic acids is 1. The first-order valence-electron chi connectivity index (χ1n) is 12.6. The van der Waals surface area contributed by atoms with Crippen molar-refractivity contribution in [1.82, 2.24) is 14.9 Å². The third kappa shape index (κ3) is 5.95. The van der Waals surface area contributed by atoms with Gasteiger partial charge < -0.3 is 19.5 Å². The number of hydrogen-bond donors (Lipinski definition) is 1. The Morgan fingerprint density at radius 3 is 2.70 bits per heavy atom. The second-order valence-corrected chi connectivity index (χ2v) is 9.30. The maximum absolute atomic E-state index is 13.7. The lowest BCUT2D eigenvalue weighted by Crippen LogP contribution is -2.36. The lowest BCUT2D eigenvalue weighted by atomic mass is 10.0. The Morgan fingerprint density at radius 2 is 1.97 bits per heavy atom. The summed E-state index contributed by atoms with van der Waals surface area (Å²) in [7, 11) is 0. The second kappa shape index (κ2) is 11.3. The van der Waals surface area contributed by atoms with E-state index in [-0.39, 0.29) is 30.2 Å². The third-order valence-electron chi connectivity index (χ3n) is 6.61. The number of likely N-dealkylation sites (tertiary alicyclic amines) is 1. The monoisotopic (exact) mass is 506 g/mol. The molecule has 1 N–H and O–H groups in total. The highest BCUT2D eigenvalue weighted by molar-refractivity contribution is 5.96. The zero-order valence-electron chi connectivity index (χ0n) is 21.1. The number of aromatic nitrogens is 2. The van der Waals surface area contributed by atoms with Crippen molar-refractivity contribution >= 4 is 28.2 Å². The molecule has 0 aliphatic carbocycles. The predicted molar refractivity (Wildman–Crippen MR) is 139 cm³/mol. The van der Waals surface area contributed by atoms with Crippen LogP contribution in [-0.4, -0.2) is 72.3 Å². The molecule has 0 bridgehead atoms. The van der Waals surface area contributed by atoms with Crippen molar-refractivity contribution in [3.63, 3.8) is 0 Å². The van der Waals surface area contributed by atoms with Gasteiger partial charge in [-0.25, -0.2) is 14.4 Å². The molecule has 0 amide bonds. The molecule has 2 saturated heterocycles. The van der Waals surface area contributed by atoms with Gasteiger partial charge in [-0.3, -0.25) is 9.69 Å². The van der Waals surface area contributed by atoms with Crippen LogP contribution in [0, 0.1) is 12.7 Å². The van der Waals surface area contributed by atoms with Crippen molar-refractivity contribution < 1.29 is 23.4 Å². The van der Waals surface area contributed by atoms with Crippen molar-refractivity contribution in [1.29, 1.82) is 0 Å². The van der Waals surface area contributed by atoms with E-state index in [0.717, 1.165) is 24.0 Å². The number of anilines is 2. The fraction of sp³-hybridized carbons (Fsp3) is 0.393. The molecule has 1 aromatic heterocycles. The summed E-state index contributed by atoms with van der Waals surface area (Å²) in [6.07, 6.45) is 5.42. The van der Waals surface area contributed by atoms with Crippen LogP contribution < -0.4 is 10.1 Å². The third-order valence-corrected chi connectivity index (χ3v) is 6.61. The number of nitrogens with zero attached hydrogens (tertiary/aromatic N) is 3. The number of carbonyl (C=O) groups is 1. The van der Waals surface area contributed by atoms with Gasteiger partial charge in [0.2, 0.25) is 0 Å². The van der Waals surface area contributed by atoms with Crippen LogP contribution in [0.25, 0.3) is 10.9 Å². The summed E-state index contributed by atoms with van der Waals surface area (Å²) >= 11 is 0. The molecule has 2 aliphatic heterocycles. The van der Waals surface area contributed by atoms with Crippen LogP contribution in [0.3, 0.4) is 0 Å². The van der Waals surface area contributed by atoms with Gasteiger partial charge in [0, 0.05) is 48.8 Å². The average molecular weight is 507 g/mol. The number of halogens is 1. The van der Waals surface area contributed by atoms with Crippen LogP contribution >= 0.6 is 0 Å². The van der Waals surface area contributed by atoms with E-state index < -0.39 is 0 Å². The van der Waals surface area contributed by atoms with Gasteiger partial charge in [-0.2, -0.15) is 0 Å². The van der Waals surface area contributed by atoms with Crippen molar-refractivity contribution in [3.8, 4) is 5.75 Å². The normalized spacial score (nSPS) is 19.9. The first-order valence-corrected chi connectivity index (χ1v) is 12.6. The summed E-state index contributed by atoms with van der Waals surface area (Å²) < 4.78 is 31.1. The molecule has 8 nitrogen and oxygen atoms in total. The number of ketones is 1. The molecule has 37 heavy (non-hydrogen) atoms. The van der Waals surface area contributed by atoms with Gasteiger partial charge >= 0.3 is 0 Å². The highest BCUT2D eigenvalue weighted by Crippen LogP contribution is 2.31. The molecule has 0 radical (unpaired) electrons. The van der Waals surface area contributed by atoms with Gasteiger partial charge in [-0.1, -0.05) is 6.08 Å². The molecule has 0 spiro atoms. The smallest absolute Gasteiger partial charge is 0.159 e. The maximum atomic E-state index is 13.7. The zero-order chi connectivity index (χ0) is 25.8. The van der Waals surface area contributed by atoms with Crippen molar-refractivity contribution in [2.24, 2.45) is 0 Å². The van der Waals surface area contributed by atoms with Crippen LogP contribution in [0.5, 0.6) is 5.75 Å². The molecule has 0 saturated carbocycles. The number of hydrogen-bond acceptors (Lipinski definition) is 8. The van der Waals surface area contributed by atoms with E-state index in [1.807, 2.05) is 25.1 Å². The van der Waals surface area contributed by atoms with E-state index in [4.69, 9.17) is 14.2 Å². The summed E-state index contributed by atoms with van der Waals surface area (Å²) in [6, 6.07) is 8.53. The minimum Gasteiger partial charge on any atom is -0.494 e. The number of ether oxygens (including phenoxy) is 3. The lowest BCUT2D eigenvalue weighted by Gasteiger charge is -2.24. The molecule has 2 fully saturated rings. The highest BCUT2D eigenvalue weighted by atomic mass is 19.1. The molecule has 3 aromatic rings. The molecule has 2 aliphatic rings. The van der Waals surface area contributed by atoms with Crippen molar-refractivity contribution in [2.75, 3.05) is 44.8 Å². The van der Waals surface area contributed by atoms with E-state index in [1.165, 1.54) is 12.4 Å².